The first-order chi connectivity index (χ1) is 15.6. The van der Waals surface area contributed by atoms with Crippen LogP contribution < -0.4 is 4.90 Å². The predicted octanol–water partition coefficient (Wildman–Crippen LogP) is 3.89. The number of hydrogen-bond donors (Lipinski definition) is 1. The Labute approximate surface area is 188 Å². The van der Waals surface area contributed by atoms with E-state index in [4.69, 9.17) is 0 Å². The highest BCUT2D eigenvalue weighted by molar-refractivity contribution is 5.82. The second kappa shape index (κ2) is 8.90. The standard InChI is InChI=1S/C25H30FN5O/c1-18(29-11-5-2-6-12-29)25(32)31-15-13-30(14-16-31)19-9-10-21(26)20(17-19)24-27-22-7-3-4-8-23(22)28-24/h3-4,7-10,17-18H,2,5-6,11-16H2,1H3,(H,27,28). The minimum Gasteiger partial charge on any atom is -0.368 e. The molecule has 2 saturated heterocycles. The van der Waals surface area contributed by atoms with Crippen LogP contribution in [-0.4, -0.2) is 71.0 Å². The average Bonchev–Trinajstić information content (AvgIpc) is 3.28. The lowest BCUT2D eigenvalue weighted by Crippen LogP contribution is -2.55. The van der Waals surface area contributed by atoms with Crippen molar-refractivity contribution in [2.45, 2.75) is 32.2 Å². The maximum absolute atomic E-state index is 14.6. The molecular formula is C25H30FN5O. The molecule has 7 heteroatoms. The van der Waals surface area contributed by atoms with Crippen molar-refractivity contribution in [2.24, 2.45) is 0 Å². The fourth-order valence-corrected chi connectivity index (χ4v) is 4.88. The summed E-state index contributed by atoms with van der Waals surface area (Å²) in [5.74, 6) is 0.473. The summed E-state index contributed by atoms with van der Waals surface area (Å²) in [6.45, 7) is 6.94. The molecule has 1 aromatic heterocycles. The molecular weight excluding hydrogens is 405 g/mol. The van der Waals surface area contributed by atoms with Gasteiger partial charge in [-0.05, 0) is 63.2 Å². The highest BCUT2D eigenvalue weighted by Gasteiger charge is 2.29. The first-order valence-electron chi connectivity index (χ1n) is 11.6. The largest absolute Gasteiger partial charge is 0.368 e. The summed E-state index contributed by atoms with van der Waals surface area (Å²) in [4.78, 5) is 27.3. The molecule has 0 aliphatic carbocycles. The molecule has 3 heterocycles. The zero-order valence-electron chi connectivity index (χ0n) is 18.6. The summed E-state index contributed by atoms with van der Waals surface area (Å²) in [6.07, 6.45) is 3.64. The molecule has 2 aliphatic heterocycles. The van der Waals surface area contributed by atoms with Gasteiger partial charge in [0.25, 0.3) is 0 Å². The number of carbonyl (C=O) groups excluding carboxylic acids is 1. The fourth-order valence-electron chi connectivity index (χ4n) is 4.88. The van der Waals surface area contributed by atoms with Gasteiger partial charge in [-0.2, -0.15) is 0 Å². The Kier molecular flexibility index (Phi) is 5.83. The molecule has 1 N–H and O–H groups in total. The number of halogens is 1. The van der Waals surface area contributed by atoms with Crippen LogP contribution in [0.5, 0.6) is 0 Å². The number of fused-ring (bicyclic) bond motifs is 1. The number of aromatic amines is 1. The maximum atomic E-state index is 14.6. The number of aromatic nitrogens is 2. The van der Waals surface area contributed by atoms with Crippen LogP contribution in [0.4, 0.5) is 10.1 Å². The maximum Gasteiger partial charge on any atom is 0.239 e. The van der Waals surface area contributed by atoms with E-state index in [0.29, 0.717) is 24.5 Å². The Morgan fingerprint density at radius 1 is 1.00 bits per heavy atom. The molecule has 168 valence electrons. The second-order valence-electron chi connectivity index (χ2n) is 8.85. The normalized spacial score (nSPS) is 18.8. The van der Waals surface area contributed by atoms with Gasteiger partial charge in [0.1, 0.15) is 11.6 Å². The number of carbonyl (C=O) groups is 1. The fraction of sp³-hybridized carbons (Fsp3) is 0.440. The number of hydrogen-bond acceptors (Lipinski definition) is 4. The van der Waals surface area contributed by atoms with Gasteiger partial charge >= 0.3 is 0 Å². The minimum atomic E-state index is -0.294. The van der Waals surface area contributed by atoms with Gasteiger partial charge < -0.3 is 14.8 Å². The van der Waals surface area contributed by atoms with Gasteiger partial charge in [-0.1, -0.05) is 18.6 Å². The number of amides is 1. The molecule has 2 fully saturated rings. The molecule has 2 aliphatic rings. The summed E-state index contributed by atoms with van der Waals surface area (Å²) in [5, 5.41) is 0. The molecule has 5 rings (SSSR count). The van der Waals surface area contributed by atoms with Crippen LogP contribution in [0.3, 0.4) is 0 Å². The SMILES string of the molecule is CC(C(=O)N1CCN(c2ccc(F)c(-c3nc4ccccc4[nH]3)c2)CC1)N1CCCCC1. The van der Waals surface area contributed by atoms with Crippen LogP contribution in [0, 0.1) is 5.82 Å². The van der Waals surface area contributed by atoms with E-state index in [0.717, 1.165) is 42.9 Å². The van der Waals surface area contributed by atoms with Crippen LogP contribution in [0.1, 0.15) is 26.2 Å². The Morgan fingerprint density at radius 2 is 1.75 bits per heavy atom. The van der Waals surface area contributed by atoms with Gasteiger partial charge in [0, 0.05) is 31.9 Å². The molecule has 6 nitrogen and oxygen atoms in total. The quantitative estimate of drug-likeness (QED) is 0.676. The van der Waals surface area contributed by atoms with Crippen molar-refractivity contribution in [3.05, 3.63) is 48.3 Å². The predicted molar refractivity (Wildman–Crippen MR) is 125 cm³/mol. The number of nitrogens with one attached hydrogen (secondary N) is 1. The Morgan fingerprint density at radius 3 is 2.50 bits per heavy atom. The summed E-state index contributed by atoms with van der Waals surface area (Å²) >= 11 is 0. The van der Waals surface area contributed by atoms with E-state index in [1.165, 1.54) is 25.3 Å². The minimum absolute atomic E-state index is 0.0487. The van der Waals surface area contributed by atoms with Gasteiger partial charge in [0.15, 0.2) is 0 Å². The molecule has 2 aromatic carbocycles. The first kappa shape index (κ1) is 20.9. The lowest BCUT2D eigenvalue weighted by atomic mass is 10.1. The van der Waals surface area contributed by atoms with Crippen molar-refractivity contribution in [1.29, 1.82) is 0 Å². The van der Waals surface area contributed by atoms with Crippen molar-refractivity contribution in [3.63, 3.8) is 0 Å². The molecule has 1 unspecified atom stereocenters. The van der Waals surface area contributed by atoms with E-state index < -0.39 is 0 Å². The summed E-state index contributed by atoms with van der Waals surface area (Å²) in [5.41, 5.74) is 3.14. The highest BCUT2D eigenvalue weighted by Crippen LogP contribution is 2.28. The van der Waals surface area contributed by atoms with Gasteiger partial charge in [0.2, 0.25) is 5.91 Å². The zero-order chi connectivity index (χ0) is 22.1. The van der Waals surface area contributed by atoms with Crippen LogP contribution in [0.2, 0.25) is 0 Å². The Hall–Kier alpha value is -2.93. The Bertz CT molecular complexity index is 1070. The zero-order valence-corrected chi connectivity index (χ0v) is 18.6. The van der Waals surface area contributed by atoms with Crippen molar-refractivity contribution in [2.75, 3.05) is 44.2 Å². The average molecular weight is 436 g/mol. The lowest BCUT2D eigenvalue weighted by Gasteiger charge is -2.39. The third kappa shape index (κ3) is 4.09. The van der Waals surface area contributed by atoms with Crippen LogP contribution in [-0.2, 0) is 4.79 Å². The molecule has 1 atom stereocenters. The molecule has 1 amide bonds. The number of anilines is 1. The molecule has 0 bridgehead atoms. The molecule has 3 aromatic rings. The monoisotopic (exact) mass is 435 g/mol. The molecule has 0 spiro atoms. The second-order valence-corrected chi connectivity index (χ2v) is 8.85. The van der Waals surface area contributed by atoms with Gasteiger partial charge in [-0.25, -0.2) is 9.37 Å². The first-order valence-corrected chi connectivity index (χ1v) is 11.6. The van der Waals surface area contributed by atoms with E-state index in [2.05, 4.69) is 19.8 Å². The third-order valence-electron chi connectivity index (χ3n) is 6.85. The molecule has 32 heavy (non-hydrogen) atoms. The van der Waals surface area contributed by atoms with E-state index in [9.17, 15) is 9.18 Å². The number of imidazole rings is 1. The summed E-state index contributed by atoms with van der Waals surface area (Å²) < 4.78 is 14.6. The third-order valence-corrected chi connectivity index (χ3v) is 6.85. The Balaban J connectivity index is 1.27. The summed E-state index contributed by atoms with van der Waals surface area (Å²) in [7, 11) is 0. The number of likely N-dealkylation sites (tertiary alicyclic amines) is 1. The lowest BCUT2D eigenvalue weighted by molar-refractivity contribution is -0.137. The smallest absolute Gasteiger partial charge is 0.239 e. The molecule has 0 radical (unpaired) electrons. The van der Waals surface area contributed by atoms with Crippen molar-refractivity contribution in [3.8, 4) is 11.4 Å². The van der Waals surface area contributed by atoms with E-state index >= 15 is 0 Å². The van der Waals surface area contributed by atoms with E-state index in [1.807, 2.05) is 48.2 Å². The van der Waals surface area contributed by atoms with Gasteiger partial charge in [0.05, 0.1) is 22.6 Å². The topological polar surface area (TPSA) is 55.5 Å². The van der Waals surface area contributed by atoms with Crippen molar-refractivity contribution >= 4 is 22.6 Å². The van der Waals surface area contributed by atoms with Gasteiger partial charge in [-0.3, -0.25) is 9.69 Å². The van der Waals surface area contributed by atoms with Crippen LogP contribution in [0.15, 0.2) is 42.5 Å². The van der Waals surface area contributed by atoms with Gasteiger partial charge in [-0.15, -0.1) is 0 Å². The van der Waals surface area contributed by atoms with E-state index in [1.54, 1.807) is 0 Å². The number of para-hydroxylation sites is 2. The number of nitrogens with zero attached hydrogens (tertiary/aromatic N) is 4. The van der Waals surface area contributed by atoms with E-state index in [-0.39, 0.29) is 17.8 Å². The number of rotatable bonds is 4. The van der Waals surface area contributed by atoms with Crippen molar-refractivity contribution < 1.29 is 9.18 Å². The van der Waals surface area contributed by atoms with Crippen molar-refractivity contribution in [1.82, 2.24) is 19.8 Å². The number of benzene rings is 2. The summed E-state index contributed by atoms with van der Waals surface area (Å²) in [6, 6.07) is 12.8. The number of piperidine rings is 1. The number of piperazine rings is 1. The number of H-pyrrole nitrogens is 1. The van der Waals surface area contributed by atoms with Crippen LogP contribution >= 0.6 is 0 Å². The highest BCUT2D eigenvalue weighted by atomic mass is 19.1. The van der Waals surface area contributed by atoms with Crippen LogP contribution in [0.25, 0.3) is 22.4 Å². The molecule has 0 saturated carbocycles.